The van der Waals surface area contributed by atoms with E-state index in [0.29, 0.717) is 12.1 Å². The number of ether oxygens (including phenoxy) is 1. The Bertz CT molecular complexity index is 648. The molecule has 0 spiro atoms. The van der Waals surface area contributed by atoms with E-state index >= 15 is 0 Å². The van der Waals surface area contributed by atoms with Crippen molar-refractivity contribution in [1.29, 1.82) is 0 Å². The fourth-order valence-electron chi connectivity index (χ4n) is 1.72. The van der Waals surface area contributed by atoms with Crippen LogP contribution < -0.4 is 0 Å². The molecule has 0 unspecified atom stereocenters. The van der Waals surface area contributed by atoms with Crippen molar-refractivity contribution in [3.05, 3.63) is 29.8 Å². The number of carbonyl (C=O) groups is 1. The van der Waals surface area contributed by atoms with Crippen LogP contribution in [0.25, 0.3) is 0 Å². The van der Waals surface area contributed by atoms with Crippen LogP contribution in [0, 0.1) is 0 Å². The SMILES string of the molecule is CC(=O)OC(C)(C)CCOS(=O)(=O)c1ccc(C(F)(F)F)cc1. The number of alkyl halides is 3. The summed E-state index contributed by atoms with van der Waals surface area (Å²) in [7, 11) is -4.18. The molecule has 0 saturated carbocycles. The van der Waals surface area contributed by atoms with E-state index in [9.17, 15) is 26.4 Å². The molecule has 0 bridgehead atoms. The van der Waals surface area contributed by atoms with E-state index in [0.717, 1.165) is 12.1 Å². The predicted molar refractivity (Wildman–Crippen MR) is 75.0 cm³/mol. The number of hydrogen-bond acceptors (Lipinski definition) is 5. The van der Waals surface area contributed by atoms with Crippen LogP contribution in [0.5, 0.6) is 0 Å². The van der Waals surface area contributed by atoms with Crippen LogP contribution in [0.2, 0.25) is 0 Å². The molecule has 0 heterocycles. The zero-order chi connectivity index (χ0) is 17.9. The van der Waals surface area contributed by atoms with Gasteiger partial charge in [-0.25, -0.2) is 0 Å². The molecular formula is C14H17F3O5S. The molecule has 0 saturated heterocycles. The largest absolute Gasteiger partial charge is 0.460 e. The van der Waals surface area contributed by atoms with Crippen LogP contribution in [0.1, 0.15) is 32.8 Å². The minimum absolute atomic E-state index is 0.104. The number of rotatable bonds is 6. The third-order valence-corrected chi connectivity index (χ3v) is 4.16. The topological polar surface area (TPSA) is 69.7 Å². The van der Waals surface area contributed by atoms with Crippen molar-refractivity contribution >= 4 is 16.1 Å². The zero-order valence-corrected chi connectivity index (χ0v) is 13.6. The summed E-state index contributed by atoms with van der Waals surface area (Å²) in [6, 6.07) is 2.99. The van der Waals surface area contributed by atoms with Gasteiger partial charge in [-0.3, -0.25) is 8.98 Å². The lowest BCUT2D eigenvalue weighted by Crippen LogP contribution is -2.29. The molecule has 1 rings (SSSR count). The average molecular weight is 354 g/mol. The van der Waals surface area contributed by atoms with Crippen LogP contribution in [-0.2, 0) is 30.0 Å². The van der Waals surface area contributed by atoms with Crippen LogP contribution in [0.15, 0.2) is 29.2 Å². The minimum atomic E-state index is -4.54. The first-order chi connectivity index (χ1) is 10.3. The Morgan fingerprint density at radius 2 is 1.65 bits per heavy atom. The Morgan fingerprint density at radius 3 is 2.09 bits per heavy atom. The zero-order valence-electron chi connectivity index (χ0n) is 12.8. The molecule has 0 fully saturated rings. The number of halogens is 3. The van der Waals surface area contributed by atoms with Crippen molar-refractivity contribution in [3.63, 3.8) is 0 Å². The van der Waals surface area contributed by atoms with E-state index in [1.165, 1.54) is 6.92 Å². The van der Waals surface area contributed by atoms with Crippen LogP contribution in [0.3, 0.4) is 0 Å². The summed E-state index contributed by atoms with van der Waals surface area (Å²) in [5.41, 5.74) is -1.87. The molecule has 0 N–H and O–H groups in total. The average Bonchev–Trinajstić information content (AvgIpc) is 2.35. The van der Waals surface area contributed by atoms with Gasteiger partial charge in [-0.05, 0) is 38.1 Å². The van der Waals surface area contributed by atoms with Gasteiger partial charge in [0, 0.05) is 13.3 Å². The number of benzene rings is 1. The maximum atomic E-state index is 12.4. The molecule has 0 radical (unpaired) electrons. The van der Waals surface area contributed by atoms with Gasteiger partial charge in [0.05, 0.1) is 17.1 Å². The van der Waals surface area contributed by atoms with Gasteiger partial charge in [-0.2, -0.15) is 21.6 Å². The van der Waals surface area contributed by atoms with Gasteiger partial charge in [0.15, 0.2) is 0 Å². The first-order valence-corrected chi connectivity index (χ1v) is 8.01. The standard InChI is InChI=1S/C14H17F3O5S/c1-10(18)22-13(2,3)8-9-21-23(19,20)12-6-4-11(5-7-12)14(15,16)17/h4-7H,8-9H2,1-3H3. The lowest BCUT2D eigenvalue weighted by atomic mass is 10.1. The Labute approximate surface area is 132 Å². The van der Waals surface area contributed by atoms with Gasteiger partial charge < -0.3 is 4.74 Å². The van der Waals surface area contributed by atoms with E-state index in [-0.39, 0.29) is 17.9 Å². The summed E-state index contributed by atoms with van der Waals surface area (Å²) in [5.74, 6) is -0.513. The summed E-state index contributed by atoms with van der Waals surface area (Å²) in [6.07, 6.45) is -4.44. The number of esters is 1. The Balaban J connectivity index is 2.71. The molecule has 23 heavy (non-hydrogen) atoms. The summed E-state index contributed by atoms with van der Waals surface area (Å²) in [5, 5.41) is 0. The highest BCUT2D eigenvalue weighted by atomic mass is 32.2. The monoisotopic (exact) mass is 354 g/mol. The van der Waals surface area contributed by atoms with Crippen LogP contribution in [0.4, 0.5) is 13.2 Å². The van der Waals surface area contributed by atoms with Crippen molar-refractivity contribution in [2.45, 2.75) is 43.9 Å². The van der Waals surface area contributed by atoms with E-state index in [2.05, 4.69) is 0 Å². The van der Waals surface area contributed by atoms with Gasteiger partial charge in [0.2, 0.25) is 0 Å². The molecule has 0 amide bonds. The van der Waals surface area contributed by atoms with Gasteiger partial charge >= 0.3 is 12.1 Å². The van der Waals surface area contributed by atoms with E-state index < -0.39 is 33.4 Å². The fraction of sp³-hybridized carbons (Fsp3) is 0.500. The molecule has 1 aromatic carbocycles. The fourth-order valence-corrected chi connectivity index (χ4v) is 2.62. The second-order valence-corrected chi connectivity index (χ2v) is 7.02. The molecule has 9 heteroatoms. The van der Waals surface area contributed by atoms with Gasteiger partial charge in [0.1, 0.15) is 5.60 Å². The van der Waals surface area contributed by atoms with Crippen molar-refractivity contribution < 1.29 is 35.3 Å². The first kappa shape index (κ1) is 19.4. The van der Waals surface area contributed by atoms with Crippen molar-refractivity contribution in [1.82, 2.24) is 0 Å². The number of carbonyl (C=O) groups excluding carboxylic acids is 1. The third-order valence-electron chi connectivity index (χ3n) is 2.83. The van der Waals surface area contributed by atoms with Gasteiger partial charge in [0.25, 0.3) is 10.1 Å². The van der Waals surface area contributed by atoms with Crippen LogP contribution in [-0.4, -0.2) is 26.6 Å². The molecule has 0 aliphatic carbocycles. The highest BCUT2D eigenvalue weighted by molar-refractivity contribution is 7.86. The molecule has 130 valence electrons. The van der Waals surface area contributed by atoms with Crippen molar-refractivity contribution in [2.75, 3.05) is 6.61 Å². The second kappa shape index (κ2) is 6.88. The maximum absolute atomic E-state index is 12.4. The highest BCUT2D eigenvalue weighted by Gasteiger charge is 2.31. The quantitative estimate of drug-likeness (QED) is 0.580. The number of hydrogen-bond donors (Lipinski definition) is 0. The summed E-state index contributed by atoms with van der Waals surface area (Å²) < 4.78 is 70.8. The maximum Gasteiger partial charge on any atom is 0.416 e. The van der Waals surface area contributed by atoms with Gasteiger partial charge in [-0.1, -0.05) is 0 Å². The molecule has 5 nitrogen and oxygen atoms in total. The third kappa shape index (κ3) is 6.19. The smallest absolute Gasteiger partial charge is 0.416 e. The summed E-state index contributed by atoms with van der Waals surface area (Å²) in [6.45, 7) is 4.12. The molecular weight excluding hydrogens is 337 g/mol. The van der Waals surface area contributed by atoms with Gasteiger partial charge in [-0.15, -0.1) is 0 Å². The lowest BCUT2D eigenvalue weighted by Gasteiger charge is -2.23. The van der Waals surface area contributed by atoms with E-state index in [1.807, 2.05) is 0 Å². The highest BCUT2D eigenvalue weighted by Crippen LogP contribution is 2.30. The second-order valence-electron chi connectivity index (χ2n) is 5.40. The molecule has 0 aliphatic heterocycles. The Kier molecular flexibility index (Phi) is 5.81. The predicted octanol–water partition coefficient (Wildman–Crippen LogP) is 3.14. The lowest BCUT2D eigenvalue weighted by molar-refractivity contribution is -0.154. The molecule has 1 aromatic rings. The Hall–Kier alpha value is -1.61. The molecule has 0 atom stereocenters. The summed E-state index contributed by atoms with van der Waals surface area (Å²) >= 11 is 0. The summed E-state index contributed by atoms with van der Waals surface area (Å²) in [4.78, 5) is 10.5. The van der Waals surface area contributed by atoms with E-state index in [4.69, 9.17) is 8.92 Å². The Morgan fingerprint density at radius 1 is 1.13 bits per heavy atom. The minimum Gasteiger partial charge on any atom is -0.460 e. The van der Waals surface area contributed by atoms with Crippen LogP contribution >= 0.6 is 0 Å². The first-order valence-electron chi connectivity index (χ1n) is 6.60. The van der Waals surface area contributed by atoms with Crippen molar-refractivity contribution in [3.8, 4) is 0 Å². The van der Waals surface area contributed by atoms with E-state index in [1.54, 1.807) is 13.8 Å². The normalized spacial score (nSPS) is 13.0. The van der Waals surface area contributed by atoms with Crippen molar-refractivity contribution in [2.24, 2.45) is 0 Å². The molecule has 0 aliphatic rings. The molecule has 0 aromatic heterocycles.